The number of methoxy groups -OCH3 is 2. The van der Waals surface area contributed by atoms with E-state index < -0.39 is 31.0 Å². The normalized spacial score (nSPS) is 18.1. The number of ether oxygens (including phenoxy) is 2. The highest BCUT2D eigenvalue weighted by atomic mass is 31.2. The first kappa shape index (κ1) is 44.2. The molecule has 0 saturated heterocycles. The van der Waals surface area contributed by atoms with Gasteiger partial charge in [-0.15, -0.1) is 0 Å². The standard InChI is InChI=1S/C24H32NO3P.C24H32NO2P/c1-16-11-9-14-19(28-8)20(16)17-12-10-13-18-21(17)29(27,24(5,6)7)15-25(18)22(26)23(2,3)4;1-16-11-9-14-19(27-8)20(16)17-12-10-13-18-21(17)28(24(5,6)7)15-25(18)22(26)23(2,3)4/h9-14H,15H2,1-8H3;9-14H,15H2,1-8H3. The van der Waals surface area contributed by atoms with Gasteiger partial charge in [-0.2, -0.15) is 0 Å². The number of benzene rings is 4. The van der Waals surface area contributed by atoms with Crippen LogP contribution in [0.15, 0.2) is 72.8 Å². The molecule has 0 aliphatic carbocycles. The second-order valence-electron chi connectivity index (χ2n) is 19.4. The van der Waals surface area contributed by atoms with Gasteiger partial charge in [-0.25, -0.2) is 0 Å². The van der Waals surface area contributed by atoms with Crippen molar-refractivity contribution in [3.8, 4) is 33.8 Å². The molecule has 0 N–H and O–H groups in total. The molecule has 2 unspecified atom stereocenters. The van der Waals surface area contributed by atoms with E-state index >= 15 is 0 Å². The summed E-state index contributed by atoms with van der Waals surface area (Å²) in [7, 11) is -0.0941. The van der Waals surface area contributed by atoms with Crippen LogP contribution in [0.3, 0.4) is 0 Å². The summed E-state index contributed by atoms with van der Waals surface area (Å²) in [6, 6.07) is 24.4. The summed E-state index contributed by atoms with van der Waals surface area (Å²) in [6.07, 6.45) is 1.03. The van der Waals surface area contributed by atoms with Crippen molar-refractivity contribution in [1.29, 1.82) is 0 Å². The summed E-state index contributed by atoms with van der Waals surface area (Å²) in [5.74, 6) is 1.82. The fraction of sp³-hybridized carbons (Fsp3) is 0.458. The second kappa shape index (κ2) is 15.7. The maximum Gasteiger partial charge on any atom is 0.232 e. The Labute approximate surface area is 343 Å². The fourth-order valence-corrected chi connectivity index (χ4v) is 13.6. The Morgan fingerprint density at radius 2 is 1.05 bits per heavy atom. The van der Waals surface area contributed by atoms with Gasteiger partial charge in [0.05, 0.1) is 38.2 Å². The van der Waals surface area contributed by atoms with Crippen LogP contribution in [0.4, 0.5) is 11.4 Å². The summed E-state index contributed by atoms with van der Waals surface area (Å²) in [6.45, 7) is 28.8. The quantitative estimate of drug-likeness (QED) is 0.192. The minimum Gasteiger partial charge on any atom is -0.496 e. The zero-order chi connectivity index (χ0) is 42.6. The van der Waals surface area contributed by atoms with Crippen molar-refractivity contribution in [3.63, 3.8) is 0 Å². The van der Waals surface area contributed by atoms with Gasteiger partial charge in [-0.05, 0) is 73.4 Å². The number of aryl methyl sites for hydroxylation is 2. The van der Waals surface area contributed by atoms with Gasteiger partial charge in [0.15, 0.2) is 0 Å². The number of carbonyl (C=O) groups excluding carboxylic acids is 2. The molecule has 0 saturated carbocycles. The smallest absolute Gasteiger partial charge is 0.232 e. The summed E-state index contributed by atoms with van der Waals surface area (Å²) >= 11 is 0. The first-order chi connectivity index (χ1) is 26.3. The highest BCUT2D eigenvalue weighted by molar-refractivity contribution is 7.74. The lowest BCUT2D eigenvalue weighted by Crippen LogP contribution is -2.38. The number of fused-ring (bicyclic) bond motifs is 2. The third-order valence-electron chi connectivity index (χ3n) is 11.0. The van der Waals surface area contributed by atoms with E-state index in [1.165, 1.54) is 16.4 Å². The third-order valence-corrected chi connectivity index (χ3v) is 18.2. The van der Waals surface area contributed by atoms with Gasteiger partial charge in [0.1, 0.15) is 18.6 Å². The van der Waals surface area contributed by atoms with E-state index in [0.717, 1.165) is 56.7 Å². The maximum atomic E-state index is 14.6. The number of hydrogen-bond donors (Lipinski definition) is 0. The Morgan fingerprint density at radius 1 is 0.614 bits per heavy atom. The molecule has 2 aliphatic heterocycles. The Bertz CT molecular complexity index is 2230. The van der Waals surface area contributed by atoms with Crippen molar-refractivity contribution in [2.45, 2.75) is 107 Å². The number of carbonyl (C=O) groups is 2. The molecular weight excluding hydrogens is 746 g/mol. The number of hydrogen-bond acceptors (Lipinski definition) is 5. The van der Waals surface area contributed by atoms with E-state index in [9.17, 15) is 14.2 Å². The lowest BCUT2D eigenvalue weighted by atomic mass is 9.94. The first-order valence-electron chi connectivity index (χ1n) is 19.8. The molecule has 0 spiro atoms. The predicted octanol–water partition coefficient (Wildman–Crippen LogP) is 11.7. The number of anilines is 2. The molecule has 2 atom stereocenters. The molecule has 9 heteroatoms. The summed E-state index contributed by atoms with van der Waals surface area (Å²) in [5.41, 5.74) is 7.32. The van der Waals surface area contributed by atoms with Crippen LogP contribution >= 0.6 is 15.1 Å². The van der Waals surface area contributed by atoms with Crippen LogP contribution in [0, 0.1) is 24.7 Å². The van der Waals surface area contributed by atoms with Gasteiger partial charge in [0.2, 0.25) is 11.8 Å². The van der Waals surface area contributed by atoms with E-state index in [1.54, 1.807) is 19.1 Å². The highest BCUT2D eigenvalue weighted by Crippen LogP contribution is 2.64. The molecule has 2 heterocycles. The SMILES string of the molecule is COc1cccc(C)c1-c1cccc2c1P(=O)(C(C)(C)C)CN2C(=O)C(C)(C)C.COc1cccc(C)c1-c1cccc2c1P(C(C)(C)C)CN2C(=O)C(C)(C)C. The highest BCUT2D eigenvalue weighted by Gasteiger charge is 2.51. The average molecular weight is 811 g/mol. The van der Waals surface area contributed by atoms with Gasteiger partial charge < -0.3 is 23.8 Å². The Morgan fingerprint density at radius 3 is 1.51 bits per heavy atom. The number of amides is 2. The van der Waals surface area contributed by atoms with Gasteiger partial charge >= 0.3 is 0 Å². The van der Waals surface area contributed by atoms with Crippen LogP contribution in [0.1, 0.15) is 94.2 Å². The first-order valence-corrected chi connectivity index (χ1v) is 23.3. The Kier molecular flexibility index (Phi) is 12.2. The molecule has 306 valence electrons. The second-order valence-corrected chi connectivity index (χ2v) is 25.9. The molecule has 0 fully saturated rings. The largest absolute Gasteiger partial charge is 0.496 e. The summed E-state index contributed by atoms with van der Waals surface area (Å²) in [5, 5.41) is 1.76. The van der Waals surface area contributed by atoms with E-state index in [4.69, 9.17) is 9.47 Å². The Hall–Kier alpha value is -3.92. The van der Waals surface area contributed by atoms with Gasteiger partial charge in [-0.3, -0.25) is 9.59 Å². The monoisotopic (exact) mass is 810 g/mol. The minimum atomic E-state index is -2.93. The van der Waals surface area contributed by atoms with Crippen LogP contribution in [-0.4, -0.2) is 48.9 Å². The molecule has 0 bridgehead atoms. The molecule has 2 aliphatic rings. The zero-order valence-corrected chi connectivity index (χ0v) is 39.0. The van der Waals surface area contributed by atoms with Crippen LogP contribution in [0.25, 0.3) is 22.3 Å². The van der Waals surface area contributed by atoms with Crippen molar-refractivity contribution in [3.05, 3.63) is 83.9 Å². The van der Waals surface area contributed by atoms with E-state index in [1.807, 2.05) is 123 Å². The molecule has 57 heavy (non-hydrogen) atoms. The van der Waals surface area contributed by atoms with Crippen LogP contribution in [0.5, 0.6) is 11.5 Å². The van der Waals surface area contributed by atoms with Crippen molar-refractivity contribution >= 4 is 48.9 Å². The zero-order valence-electron chi connectivity index (χ0n) is 37.2. The van der Waals surface area contributed by atoms with Crippen LogP contribution < -0.4 is 29.9 Å². The Balaban J connectivity index is 0.000000218. The van der Waals surface area contributed by atoms with Gasteiger partial charge in [0.25, 0.3) is 0 Å². The molecule has 0 aromatic heterocycles. The topological polar surface area (TPSA) is 76.2 Å². The summed E-state index contributed by atoms with van der Waals surface area (Å²) in [4.78, 5) is 30.3. The molecule has 6 rings (SSSR count). The van der Waals surface area contributed by atoms with Crippen LogP contribution in [-0.2, 0) is 14.2 Å². The molecule has 7 nitrogen and oxygen atoms in total. The number of nitrogens with zero attached hydrogens (tertiary/aromatic N) is 2. The average Bonchev–Trinajstić information content (AvgIpc) is 3.67. The lowest BCUT2D eigenvalue weighted by molar-refractivity contribution is -0.126. The van der Waals surface area contributed by atoms with Crippen molar-refractivity contribution in [2.24, 2.45) is 10.8 Å². The van der Waals surface area contributed by atoms with Crippen LogP contribution in [0.2, 0.25) is 0 Å². The molecule has 2 amide bonds. The molecular formula is C48H64N2O5P2. The number of rotatable bonds is 4. The summed E-state index contributed by atoms with van der Waals surface area (Å²) < 4.78 is 25.9. The fourth-order valence-electron chi connectivity index (χ4n) is 7.76. The molecule has 4 aromatic carbocycles. The third kappa shape index (κ3) is 8.22. The lowest BCUT2D eigenvalue weighted by Gasteiger charge is -2.30. The van der Waals surface area contributed by atoms with Crippen molar-refractivity contribution in [1.82, 2.24) is 0 Å². The van der Waals surface area contributed by atoms with Crippen molar-refractivity contribution in [2.75, 3.05) is 36.6 Å². The molecule has 4 aromatic rings. The van der Waals surface area contributed by atoms with Gasteiger partial charge in [-0.1, -0.05) is 132 Å². The predicted molar refractivity (Wildman–Crippen MR) is 243 cm³/mol. The van der Waals surface area contributed by atoms with Gasteiger partial charge in [0, 0.05) is 37.7 Å². The van der Waals surface area contributed by atoms with Crippen molar-refractivity contribution < 1.29 is 23.6 Å². The van der Waals surface area contributed by atoms with E-state index in [-0.39, 0.29) is 23.3 Å². The van der Waals surface area contributed by atoms with E-state index in [2.05, 4.69) is 52.0 Å². The van der Waals surface area contributed by atoms with E-state index in [0.29, 0.717) is 0 Å². The molecule has 0 radical (unpaired) electrons. The maximum absolute atomic E-state index is 14.6. The minimum absolute atomic E-state index is 0.00498.